The normalized spacial score (nSPS) is 11.9. The van der Waals surface area contributed by atoms with E-state index in [1.54, 1.807) is 11.3 Å². The van der Waals surface area contributed by atoms with Crippen LogP contribution in [-0.2, 0) is 11.2 Å². The molecule has 25 heavy (non-hydrogen) atoms. The highest BCUT2D eigenvalue weighted by atomic mass is 32.1. The number of carbonyl (C=O) groups is 1. The summed E-state index contributed by atoms with van der Waals surface area (Å²) in [5.41, 5.74) is 2.96. The molecular weight excluding hydrogens is 328 g/mol. The maximum Gasteiger partial charge on any atom is 0.246 e. The van der Waals surface area contributed by atoms with Crippen LogP contribution in [0, 0.1) is 6.92 Å². The maximum atomic E-state index is 12.8. The van der Waals surface area contributed by atoms with Crippen LogP contribution in [0.4, 0.5) is 5.69 Å². The molecule has 3 rings (SSSR count). The van der Waals surface area contributed by atoms with Gasteiger partial charge in [-0.3, -0.25) is 4.79 Å². The number of thiophene rings is 1. The summed E-state index contributed by atoms with van der Waals surface area (Å²) in [7, 11) is 0. The monoisotopic (exact) mass is 350 g/mol. The van der Waals surface area contributed by atoms with Gasteiger partial charge in [0.1, 0.15) is 6.04 Å². The number of hydrogen-bond donors (Lipinski definition) is 2. The highest BCUT2D eigenvalue weighted by molar-refractivity contribution is 7.09. The van der Waals surface area contributed by atoms with E-state index in [9.17, 15) is 4.79 Å². The van der Waals surface area contributed by atoms with Crippen molar-refractivity contribution in [3.63, 3.8) is 0 Å². The molecule has 3 nitrogen and oxygen atoms in total. The first-order valence-electron chi connectivity index (χ1n) is 8.40. The molecule has 1 aromatic heterocycles. The summed E-state index contributed by atoms with van der Waals surface area (Å²) >= 11 is 1.74. The lowest BCUT2D eigenvalue weighted by Gasteiger charge is -2.19. The minimum absolute atomic E-state index is 0.0405. The van der Waals surface area contributed by atoms with Gasteiger partial charge in [0.25, 0.3) is 0 Å². The van der Waals surface area contributed by atoms with Crippen LogP contribution in [0.15, 0.2) is 72.1 Å². The lowest BCUT2D eigenvalue weighted by atomic mass is 10.1. The van der Waals surface area contributed by atoms with Gasteiger partial charge in [-0.15, -0.1) is 11.3 Å². The molecule has 3 aromatic rings. The molecule has 0 fully saturated rings. The largest absolute Gasteiger partial charge is 0.324 e. The molecule has 1 atom stereocenters. The van der Waals surface area contributed by atoms with Gasteiger partial charge in [-0.05, 0) is 42.5 Å². The first-order chi connectivity index (χ1) is 12.2. The number of amides is 1. The van der Waals surface area contributed by atoms with Crippen LogP contribution in [0.5, 0.6) is 0 Å². The van der Waals surface area contributed by atoms with Crippen molar-refractivity contribution >= 4 is 22.9 Å². The van der Waals surface area contributed by atoms with Crippen LogP contribution in [0.2, 0.25) is 0 Å². The van der Waals surface area contributed by atoms with E-state index in [1.807, 2.05) is 61.5 Å². The molecule has 0 spiro atoms. The number of nitrogens with one attached hydrogen (secondary N) is 2. The minimum Gasteiger partial charge on any atom is -0.324 e. The Morgan fingerprint density at radius 3 is 2.44 bits per heavy atom. The Kier molecular flexibility index (Phi) is 5.99. The molecule has 2 aromatic carbocycles. The van der Waals surface area contributed by atoms with Crippen molar-refractivity contribution in [1.82, 2.24) is 5.32 Å². The molecule has 0 aliphatic rings. The summed E-state index contributed by atoms with van der Waals surface area (Å²) in [5, 5.41) is 8.49. The first kappa shape index (κ1) is 17.4. The van der Waals surface area contributed by atoms with Crippen LogP contribution in [-0.4, -0.2) is 12.5 Å². The van der Waals surface area contributed by atoms with Crippen molar-refractivity contribution in [2.24, 2.45) is 0 Å². The smallest absolute Gasteiger partial charge is 0.246 e. The van der Waals surface area contributed by atoms with Crippen molar-refractivity contribution in [3.8, 4) is 0 Å². The fourth-order valence-corrected chi connectivity index (χ4v) is 3.36. The molecule has 128 valence electrons. The number of benzene rings is 2. The fourth-order valence-electron chi connectivity index (χ4n) is 2.65. The third-order valence-electron chi connectivity index (χ3n) is 4.01. The summed E-state index contributed by atoms with van der Waals surface area (Å²) in [5.74, 6) is -0.0405. The molecule has 1 heterocycles. The van der Waals surface area contributed by atoms with E-state index in [2.05, 4.69) is 28.1 Å². The van der Waals surface area contributed by atoms with Gasteiger partial charge in [0.2, 0.25) is 5.91 Å². The molecular formula is C21H22N2OS. The molecule has 0 aliphatic carbocycles. The molecule has 0 saturated carbocycles. The summed E-state index contributed by atoms with van der Waals surface area (Å²) in [6.07, 6.45) is 0.915. The number of carbonyl (C=O) groups excluding carboxylic acids is 1. The van der Waals surface area contributed by atoms with Crippen LogP contribution in [0.25, 0.3) is 0 Å². The van der Waals surface area contributed by atoms with Crippen molar-refractivity contribution in [2.45, 2.75) is 19.4 Å². The first-order valence-corrected chi connectivity index (χ1v) is 9.28. The fraction of sp³-hybridized carbons (Fsp3) is 0.190. The Bertz CT molecular complexity index is 783. The Hall–Kier alpha value is -2.43. The Morgan fingerprint density at radius 2 is 1.76 bits per heavy atom. The van der Waals surface area contributed by atoms with Crippen molar-refractivity contribution in [3.05, 3.63) is 88.1 Å². The predicted molar refractivity (Wildman–Crippen MR) is 105 cm³/mol. The van der Waals surface area contributed by atoms with Crippen LogP contribution in [0.3, 0.4) is 0 Å². The zero-order valence-corrected chi connectivity index (χ0v) is 15.1. The second kappa shape index (κ2) is 8.60. The summed E-state index contributed by atoms with van der Waals surface area (Å²) in [4.78, 5) is 14.1. The van der Waals surface area contributed by atoms with E-state index in [0.29, 0.717) is 0 Å². The quantitative estimate of drug-likeness (QED) is 0.655. The molecule has 0 radical (unpaired) electrons. The topological polar surface area (TPSA) is 41.1 Å². The van der Waals surface area contributed by atoms with E-state index in [4.69, 9.17) is 0 Å². The minimum atomic E-state index is -0.373. The van der Waals surface area contributed by atoms with Gasteiger partial charge in [-0.2, -0.15) is 0 Å². The average molecular weight is 350 g/mol. The molecule has 0 bridgehead atoms. The van der Waals surface area contributed by atoms with Crippen LogP contribution >= 0.6 is 11.3 Å². The van der Waals surface area contributed by atoms with E-state index < -0.39 is 0 Å². The highest BCUT2D eigenvalue weighted by Crippen LogP contribution is 2.17. The SMILES string of the molecule is Cc1ccc(NC(=O)[C@@H](NCCc2cccs2)c2ccccc2)cc1. The average Bonchev–Trinajstić information content (AvgIpc) is 3.15. The second-order valence-corrected chi connectivity index (χ2v) is 7.01. The van der Waals surface area contributed by atoms with E-state index in [-0.39, 0.29) is 11.9 Å². The van der Waals surface area contributed by atoms with Gasteiger partial charge in [-0.25, -0.2) is 0 Å². The van der Waals surface area contributed by atoms with Gasteiger partial charge in [0.15, 0.2) is 0 Å². The summed E-state index contributed by atoms with van der Waals surface area (Å²) < 4.78 is 0. The Morgan fingerprint density at radius 1 is 1.00 bits per heavy atom. The van der Waals surface area contributed by atoms with Gasteiger partial charge in [0.05, 0.1) is 0 Å². The number of hydrogen-bond acceptors (Lipinski definition) is 3. The number of rotatable bonds is 7. The predicted octanol–water partition coefficient (Wildman–Crippen LogP) is 4.57. The van der Waals surface area contributed by atoms with E-state index in [1.165, 1.54) is 10.4 Å². The third-order valence-corrected chi connectivity index (χ3v) is 4.95. The maximum absolute atomic E-state index is 12.8. The zero-order chi connectivity index (χ0) is 17.5. The third kappa shape index (κ3) is 5.02. The molecule has 0 aliphatic heterocycles. The van der Waals surface area contributed by atoms with Gasteiger partial charge < -0.3 is 10.6 Å². The van der Waals surface area contributed by atoms with Gasteiger partial charge in [-0.1, -0.05) is 54.1 Å². The van der Waals surface area contributed by atoms with Crippen molar-refractivity contribution in [2.75, 3.05) is 11.9 Å². The van der Waals surface area contributed by atoms with Crippen LogP contribution < -0.4 is 10.6 Å². The molecule has 0 saturated heterocycles. The lowest BCUT2D eigenvalue weighted by molar-refractivity contribution is -0.118. The number of aryl methyl sites for hydroxylation is 1. The summed E-state index contributed by atoms with van der Waals surface area (Å²) in [6, 6.07) is 21.5. The second-order valence-electron chi connectivity index (χ2n) is 5.98. The molecule has 4 heteroatoms. The van der Waals surface area contributed by atoms with E-state index in [0.717, 1.165) is 24.2 Å². The van der Waals surface area contributed by atoms with Gasteiger partial charge >= 0.3 is 0 Å². The zero-order valence-electron chi connectivity index (χ0n) is 14.2. The van der Waals surface area contributed by atoms with Crippen molar-refractivity contribution in [1.29, 1.82) is 0 Å². The lowest BCUT2D eigenvalue weighted by Crippen LogP contribution is -2.34. The standard InChI is InChI=1S/C21H22N2OS/c1-16-9-11-18(12-10-16)23-21(24)20(17-6-3-2-4-7-17)22-14-13-19-8-5-15-25-19/h2-12,15,20,22H,13-14H2,1H3,(H,23,24)/t20-/m0/s1. The molecule has 0 unspecified atom stereocenters. The van der Waals surface area contributed by atoms with Crippen LogP contribution in [0.1, 0.15) is 22.0 Å². The number of anilines is 1. The highest BCUT2D eigenvalue weighted by Gasteiger charge is 2.19. The summed E-state index contributed by atoms with van der Waals surface area (Å²) in [6.45, 7) is 2.78. The molecule has 2 N–H and O–H groups in total. The van der Waals surface area contributed by atoms with Gasteiger partial charge in [0, 0.05) is 17.1 Å². The Labute approximate surface area is 152 Å². The molecule has 1 amide bonds. The van der Waals surface area contributed by atoms with E-state index >= 15 is 0 Å². The van der Waals surface area contributed by atoms with Crippen molar-refractivity contribution < 1.29 is 4.79 Å². The Balaban J connectivity index is 1.68.